The van der Waals surface area contributed by atoms with Crippen LogP contribution in [0.2, 0.25) is 10.0 Å². The van der Waals surface area contributed by atoms with Crippen molar-refractivity contribution in [1.29, 1.82) is 0 Å². The molecule has 5 rings (SSSR count). The summed E-state index contributed by atoms with van der Waals surface area (Å²) in [5.41, 5.74) is 3.04. The fourth-order valence-corrected chi connectivity index (χ4v) is 6.46. The van der Waals surface area contributed by atoms with E-state index in [4.69, 9.17) is 23.2 Å². The second-order valence-electron chi connectivity index (χ2n) is 9.04. The minimum Gasteiger partial charge on any atom is -0.344 e. The van der Waals surface area contributed by atoms with Gasteiger partial charge in [0.1, 0.15) is 5.82 Å². The first-order chi connectivity index (χ1) is 18.1. The van der Waals surface area contributed by atoms with Crippen molar-refractivity contribution < 1.29 is 17.6 Å². The van der Waals surface area contributed by atoms with Crippen LogP contribution >= 0.6 is 23.2 Å². The molecule has 10 heteroatoms. The number of sulfone groups is 1. The van der Waals surface area contributed by atoms with Crippen LogP contribution in [0.4, 0.5) is 4.39 Å². The van der Waals surface area contributed by atoms with Crippen LogP contribution in [-0.4, -0.2) is 29.9 Å². The number of rotatable bonds is 5. The fourth-order valence-electron chi connectivity index (χ4n) is 4.46. The first-order valence-corrected chi connectivity index (χ1v) is 14.3. The van der Waals surface area contributed by atoms with E-state index >= 15 is 0 Å². The zero-order valence-electron chi connectivity index (χ0n) is 20.2. The molecule has 0 aliphatic carbocycles. The van der Waals surface area contributed by atoms with Crippen LogP contribution < -0.4 is 5.32 Å². The molecule has 1 aliphatic heterocycles. The highest BCUT2D eigenvalue weighted by Crippen LogP contribution is 2.37. The Balaban J connectivity index is 1.68. The summed E-state index contributed by atoms with van der Waals surface area (Å²) in [6.07, 6.45) is 1.66. The van der Waals surface area contributed by atoms with Gasteiger partial charge in [0.2, 0.25) is 0 Å². The lowest BCUT2D eigenvalue weighted by Crippen LogP contribution is -2.29. The summed E-state index contributed by atoms with van der Waals surface area (Å²) in [4.78, 5) is 13.5. The van der Waals surface area contributed by atoms with Crippen molar-refractivity contribution in [3.05, 3.63) is 117 Å². The van der Waals surface area contributed by atoms with Crippen LogP contribution in [0.1, 0.15) is 45.8 Å². The normalized spacial score (nSPS) is 16.2. The molecule has 0 fully saturated rings. The second-order valence-corrected chi connectivity index (χ2v) is 12.0. The highest BCUT2D eigenvalue weighted by atomic mass is 35.5. The Morgan fingerprint density at radius 2 is 1.76 bits per heavy atom. The number of carbonyl (C=O) groups is 1. The number of nitrogens with one attached hydrogen (secondary N) is 1. The van der Waals surface area contributed by atoms with Gasteiger partial charge in [-0.25, -0.2) is 17.5 Å². The maximum absolute atomic E-state index is 13.5. The maximum atomic E-state index is 13.5. The van der Waals surface area contributed by atoms with Gasteiger partial charge in [0.25, 0.3) is 5.91 Å². The van der Waals surface area contributed by atoms with E-state index in [9.17, 15) is 17.6 Å². The molecular weight excluding hydrogens is 548 g/mol. The number of carbonyl (C=O) groups excluding carboxylic acids is 1. The Morgan fingerprint density at radius 1 is 1.05 bits per heavy atom. The molecule has 0 bridgehead atoms. The number of fused-ring (bicyclic) bond motifs is 1. The average Bonchev–Trinajstić information content (AvgIpc) is 3.24. The molecular formula is C28H22Cl2FN3O3S. The second kappa shape index (κ2) is 10.4. The summed E-state index contributed by atoms with van der Waals surface area (Å²) in [5.74, 6) is -1.57. The standard InChI is InChI=1S/C28H22Cl2FN3O3S/c1-17(19-5-3-2-4-6-19)32-28(35)26-23-16-38(36,37)15-20(13-18-7-10-22(31)11-8-18)27(23)34(33-26)25-12-9-21(29)14-24(25)30/h2-14,17H,15-16H2,1H3,(H,32,35)/t17-/m1/s1. The van der Waals surface area contributed by atoms with Gasteiger partial charge >= 0.3 is 0 Å². The minimum absolute atomic E-state index is 0.0120. The number of hydrogen-bond donors (Lipinski definition) is 1. The summed E-state index contributed by atoms with van der Waals surface area (Å²) >= 11 is 12.6. The van der Waals surface area contributed by atoms with E-state index in [0.717, 1.165) is 5.56 Å². The Kier molecular flexibility index (Phi) is 7.13. The van der Waals surface area contributed by atoms with Gasteiger partial charge in [-0.05, 0) is 60.0 Å². The van der Waals surface area contributed by atoms with Gasteiger partial charge in [-0.15, -0.1) is 0 Å². The molecule has 1 amide bonds. The van der Waals surface area contributed by atoms with Crippen molar-refractivity contribution in [3.63, 3.8) is 0 Å². The molecule has 0 spiro atoms. The number of nitrogens with zero attached hydrogens (tertiary/aromatic N) is 2. The number of hydrogen-bond acceptors (Lipinski definition) is 4. The van der Waals surface area contributed by atoms with Crippen molar-refractivity contribution in [2.75, 3.05) is 5.75 Å². The Hall–Kier alpha value is -3.46. The predicted molar refractivity (Wildman–Crippen MR) is 148 cm³/mol. The highest BCUT2D eigenvalue weighted by molar-refractivity contribution is 7.91. The lowest BCUT2D eigenvalue weighted by molar-refractivity contribution is 0.0933. The molecule has 0 saturated carbocycles. The molecule has 2 heterocycles. The molecule has 38 heavy (non-hydrogen) atoms. The summed E-state index contributed by atoms with van der Waals surface area (Å²) in [5, 5.41) is 8.20. The third kappa shape index (κ3) is 5.38. The lowest BCUT2D eigenvalue weighted by Gasteiger charge is -2.19. The third-order valence-electron chi connectivity index (χ3n) is 6.24. The van der Waals surface area contributed by atoms with Crippen LogP contribution in [0.3, 0.4) is 0 Å². The van der Waals surface area contributed by atoms with Crippen molar-refractivity contribution >= 4 is 50.6 Å². The van der Waals surface area contributed by atoms with Crippen molar-refractivity contribution in [1.82, 2.24) is 15.1 Å². The van der Waals surface area contributed by atoms with Crippen LogP contribution in [0, 0.1) is 5.82 Å². The highest BCUT2D eigenvalue weighted by Gasteiger charge is 2.35. The van der Waals surface area contributed by atoms with E-state index in [1.165, 1.54) is 16.8 Å². The SMILES string of the molecule is C[C@@H](NC(=O)c1nn(-c2ccc(Cl)cc2Cl)c2c1CS(=O)(=O)CC2=Cc1ccc(F)cc1)c1ccccc1. The van der Waals surface area contributed by atoms with E-state index in [1.807, 2.05) is 37.3 Å². The zero-order chi connectivity index (χ0) is 27.0. The summed E-state index contributed by atoms with van der Waals surface area (Å²) < 4.78 is 41.1. The van der Waals surface area contributed by atoms with Gasteiger partial charge in [0.05, 0.1) is 34.0 Å². The largest absolute Gasteiger partial charge is 0.344 e. The molecule has 1 N–H and O–H groups in total. The minimum atomic E-state index is -3.63. The topological polar surface area (TPSA) is 81.1 Å². The first kappa shape index (κ1) is 26.2. The average molecular weight is 570 g/mol. The van der Waals surface area contributed by atoms with Crippen LogP contribution in [0.15, 0.2) is 72.8 Å². The van der Waals surface area contributed by atoms with Crippen LogP contribution in [0.5, 0.6) is 0 Å². The smallest absolute Gasteiger partial charge is 0.272 e. The van der Waals surface area contributed by atoms with Crippen molar-refractivity contribution in [2.45, 2.75) is 18.7 Å². The van der Waals surface area contributed by atoms with Gasteiger partial charge in [0.15, 0.2) is 15.5 Å². The third-order valence-corrected chi connectivity index (χ3v) is 8.26. The maximum Gasteiger partial charge on any atom is 0.272 e. The number of benzene rings is 3. The van der Waals surface area contributed by atoms with Crippen molar-refractivity contribution in [3.8, 4) is 5.69 Å². The van der Waals surface area contributed by atoms with E-state index < -0.39 is 21.6 Å². The molecule has 4 aromatic rings. The van der Waals surface area contributed by atoms with E-state index in [0.29, 0.717) is 27.5 Å². The van der Waals surface area contributed by atoms with E-state index in [2.05, 4.69) is 10.4 Å². The summed E-state index contributed by atoms with van der Waals surface area (Å²) in [6, 6.07) is 19.6. The summed E-state index contributed by atoms with van der Waals surface area (Å²) in [6.45, 7) is 1.84. The first-order valence-electron chi connectivity index (χ1n) is 11.7. The zero-order valence-corrected chi connectivity index (χ0v) is 22.5. The molecule has 3 aromatic carbocycles. The molecule has 194 valence electrons. The van der Waals surface area contributed by atoms with Gasteiger partial charge in [-0.1, -0.05) is 65.7 Å². The van der Waals surface area contributed by atoms with Gasteiger partial charge in [0, 0.05) is 10.6 Å². The quantitative estimate of drug-likeness (QED) is 0.306. The molecule has 1 aromatic heterocycles. The molecule has 6 nitrogen and oxygen atoms in total. The Morgan fingerprint density at radius 3 is 2.45 bits per heavy atom. The molecule has 0 radical (unpaired) electrons. The van der Waals surface area contributed by atoms with E-state index in [-0.39, 0.29) is 33.8 Å². The predicted octanol–water partition coefficient (Wildman–Crippen LogP) is 6.28. The van der Waals surface area contributed by atoms with E-state index in [1.54, 1.807) is 36.4 Å². The number of halogens is 3. The van der Waals surface area contributed by atoms with Crippen molar-refractivity contribution in [2.24, 2.45) is 0 Å². The molecule has 1 aliphatic rings. The van der Waals surface area contributed by atoms with Gasteiger partial charge < -0.3 is 5.32 Å². The summed E-state index contributed by atoms with van der Waals surface area (Å²) in [7, 11) is -3.63. The number of aromatic nitrogens is 2. The van der Waals surface area contributed by atoms with Gasteiger partial charge in [-0.2, -0.15) is 5.10 Å². The fraction of sp³-hybridized carbons (Fsp3) is 0.143. The Bertz CT molecular complexity index is 1670. The van der Waals surface area contributed by atoms with Crippen LogP contribution in [-0.2, 0) is 15.6 Å². The molecule has 1 atom stereocenters. The Labute approximate surface area is 229 Å². The number of amides is 1. The van der Waals surface area contributed by atoms with Crippen LogP contribution in [0.25, 0.3) is 17.3 Å². The van der Waals surface area contributed by atoms with Gasteiger partial charge in [-0.3, -0.25) is 4.79 Å². The molecule has 0 saturated heterocycles. The monoisotopic (exact) mass is 569 g/mol. The molecule has 0 unspecified atom stereocenters. The lowest BCUT2D eigenvalue weighted by atomic mass is 10.0.